The lowest BCUT2D eigenvalue weighted by Gasteiger charge is -2.13. The Labute approximate surface area is 232 Å². The van der Waals surface area contributed by atoms with Gasteiger partial charge in [-0.25, -0.2) is 0 Å². The molecule has 0 saturated carbocycles. The molecule has 1 heterocycles. The van der Waals surface area contributed by atoms with Gasteiger partial charge in [-0.05, 0) is 63.2 Å². The lowest BCUT2D eigenvalue weighted by Crippen LogP contribution is -1.92. The summed E-state index contributed by atoms with van der Waals surface area (Å²) in [6.07, 6.45) is 0. The van der Waals surface area contributed by atoms with Crippen LogP contribution < -0.4 is 5.32 Å². The number of benzene rings is 7. The predicted octanol–water partition coefficient (Wildman–Crippen LogP) is 11.0. The van der Waals surface area contributed by atoms with E-state index in [-0.39, 0.29) is 0 Å². The molecule has 8 rings (SSSR count). The lowest BCUT2D eigenvalue weighted by atomic mass is 9.99. The summed E-state index contributed by atoms with van der Waals surface area (Å²) in [5, 5.41) is 10.9. The van der Waals surface area contributed by atoms with Crippen LogP contribution in [-0.4, -0.2) is 0 Å². The van der Waals surface area contributed by atoms with Gasteiger partial charge in [-0.1, -0.05) is 115 Å². The smallest absolute Gasteiger partial charge is 0.143 e. The van der Waals surface area contributed by atoms with Gasteiger partial charge in [-0.2, -0.15) is 0 Å². The summed E-state index contributed by atoms with van der Waals surface area (Å²) in [6.45, 7) is 0. The normalized spacial score (nSPS) is 11.5. The fourth-order valence-electron chi connectivity index (χ4n) is 5.88. The van der Waals surface area contributed by atoms with E-state index in [9.17, 15) is 0 Å². The third-order valence-electron chi connectivity index (χ3n) is 7.85. The first kappa shape index (κ1) is 22.6. The van der Waals surface area contributed by atoms with E-state index in [1.165, 1.54) is 32.7 Å². The summed E-state index contributed by atoms with van der Waals surface area (Å²) < 4.78 is 6.37. The van der Waals surface area contributed by atoms with Gasteiger partial charge in [0, 0.05) is 33.1 Å². The highest BCUT2D eigenvalue weighted by Gasteiger charge is 2.13. The molecule has 40 heavy (non-hydrogen) atoms. The molecule has 0 aliphatic rings. The largest absolute Gasteiger partial charge is 0.455 e. The molecule has 0 bridgehead atoms. The Morgan fingerprint density at radius 2 is 1.12 bits per heavy atom. The summed E-state index contributed by atoms with van der Waals surface area (Å²) >= 11 is 0. The highest BCUT2D eigenvalue weighted by molar-refractivity contribution is 6.13. The maximum atomic E-state index is 6.37. The van der Waals surface area contributed by atoms with Gasteiger partial charge in [0.05, 0.1) is 0 Å². The van der Waals surface area contributed by atoms with Gasteiger partial charge in [0.25, 0.3) is 0 Å². The van der Waals surface area contributed by atoms with E-state index in [0.29, 0.717) is 0 Å². The first-order valence-corrected chi connectivity index (χ1v) is 13.6. The van der Waals surface area contributed by atoms with Gasteiger partial charge >= 0.3 is 0 Å². The van der Waals surface area contributed by atoms with Gasteiger partial charge < -0.3 is 9.73 Å². The number of nitrogens with one attached hydrogen (secondary N) is 1. The maximum Gasteiger partial charge on any atom is 0.143 e. The van der Waals surface area contributed by atoms with Crippen LogP contribution in [0, 0.1) is 0 Å². The molecule has 2 heteroatoms. The number of rotatable bonds is 4. The van der Waals surface area contributed by atoms with Gasteiger partial charge in [0.15, 0.2) is 0 Å². The Balaban J connectivity index is 1.15. The van der Waals surface area contributed by atoms with Gasteiger partial charge in [-0.3, -0.25) is 0 Å². The summed E-state index contributed by atoms with van der Waals surface area (Å²) in [5.74, 6) is 0. The molecule has 0 saturated heterocycles. The molecule has 7 aromatic carbocycles. The Morgan fingerprint density at radius 1 is 0.425 bits per heavy atom. The minimum Gasteiger partial charge on any atom is -0.455 e. The Bertz CT molecular complexity index is 2170. The van der Waals surface area contributed by atoms with E-state index in [0.717, 1.165) is 44.4 Å². The molecule has 1 N–H and O–H groups in total. The Hall–Kier alpha value is -5.34. The zero-order chi connectivity index (χ0) is 26.5. The minimum absolute atomic E-state index is 0.906. The molecule has 0 aliphatic carbocycles. The van der Waals surface area contributed by atoms with E-state index >= 15 is 0 Å². The van der Waals surface area contributed by atoms with Crippen LogP contribution in [0.3, 0.4) is 0 Å². The van der Waals surface area contributed by atoms with Crippen molar-refractivity contribution < 1.29 is 4.42 Å². The number of anilines is 2. The molecule has 0 fully saturated rings. The topological polar surface area (TPSA) is 25.2 Å². The second-order valence-electron chi connectivity index (χ2n) is 10.3. The number of fused-ring (bicyclic) bond motifs is 6. The molecule has 0 spiro atoms. The van der Waals surface area contributed by atoms with Gasteiger partial charge in [-0.15, -0.1) is 0 Å². The van der Waals surface area contributed by atoms with Gasteiger partial charge in [0.2, 0.25) is 0 Å². The second kappa shape index (κ2) is 9.14. The van der Waals surface area contributed by atoms with E-state index in [1.54, 1.807) is 0 Å². The monoisotopic (exact) mass is 511 g/mol. The van der Waals surface area contributed by atoms with Crippen LogP contribution in [0.4, 0.5) is 11.4 Å². The van der Waals surface area contributed by atoms with Crippen LogP contribution in [0.15, 0.2) is 150 Å². The first-order chi connectivity index (χ1) is 19.8. The van der Waals surface area contributed by atoms with Crippen molar-refractivity contribution in [3.8, 4) is 22.3 Å². The molecular formula is C38H25NO. The number of furan rings is 1. The van der Waals surface area contributed by atoms with E-state index in [2.05, 4.69) is 145 Å². The Morgan fingerprint density at radius 3 is 1.98 bits per heavy atom. The maximum absolute atomic E-state index is 6.37. The molecule has 0 unspecified atom stereocenters. The minimum atomic E-state index is 0.906. The van der Waals surface area contributed by atoms with Crippen molar-refractivity contribution in [2.75, 3.05) is 5.32 Å². The molecule has 1 aromatic heterocycles. The van der Waals surface area contributed by atoms with Crippen LogP contribution in [0.5, 0.6) is 0 Å². The summed E-state index contributed by atoms with van der Waals surface area (Å²) in [7, 11) is 0. The van der Waals surface area contributed by atoms with Gasteiger partial charge in [0.1, 0.15) is 11.2 Å². The first-order valence-electron chi connectivity index (χ1n) is 13.6. The number of hydrogen-bond donors (Lipinski definition) is 1. The number of para-hydroxylation sites is 1. The second-order valence-corrected chi connectivity index (χ2v) is 10.3. The molecule has 2 nitrogen and oxygen atoms in total. The molecule has 0 amide bonds. The zero-order valence-corrected chi connectivity index (χ0v) is 21.8. The molecule has 0 aliphatic heterocycles. The quantitative estimate of drug-likeness (QED) is 0.238. The fourth-order valence-corrected chi connectivity index (χ4v) is 5.88. The van der Waals surface area contributed by atoms with Crippen molar-refractivity contribution in [1.82, 2.24) is 0 Å². The Kier molecular flexibility index (Phi) is 5.17. The van der Waals surface area contributed by atoms with E-state index < -0.39 is 0 Å². The average Bonchev–Trinajstić information content (AvgIpc) is 3.40. The van der Waals surface area contributed by atoms with Crippen LogP contribution >= 0.6 is 0 Å². The van der Waals surface area contributed by atoms with Crippen LogP contribution in [0.2, 0.25) is 0 Å². The van der Waals surface area contributed by atoms with Crippen LogP contribution in [0.25, 0.3) is 65.7 Å². The van der Waals surface area contributed by atoms with E-state index in [4.69, 9.17) is 4.42 Å². The SMILES string of the molecule is c1ccc(-c2cccc3c2oc2ccc(-c4ccc(Nc5cc6ccccc6c6ccccc56)cc4)cc23)cc1. The van der Waals surface area contributed by atoms with Crippen LogP contribution in [0.1, 0.15) is 0 Å². The lowest BCUT2D eigenvalue weighted by molar-refractivity contribution is 0.670. The molecule has 0 atom stereocenters. The molecule has 0 radical (unpaired) electrons. The average molecular weight is 512 g/mol. The predicted molar refractivity (Wildman–Crippen MR) is 169 cm³/mol. The molecule has 8 aromatic rings. The third kappa shape index (κ3) is 3.73. The fraction of sp³-hybridized carbons (Fsp3) is 0. The van der Waals surface area contributed by atoms with Crippen molar-refractivity contribution in [2.24, 2.45) is 0 Å². The van der Waals surface area contributed by atoms with Crippen molar-refractivity contribution in [3.63, 3.8) is 0 Å². The van der Waals surface area contributed by atoms with Crippen LogP contribution in [-0.2, 0) is 0 Å². The zero-order valence-electron chi connectivity index (χ0n) is 21.8. The van der Waals surface area contributed by atoms with Crippen molar-refractivity contribution in [1.29, 1.82) is 0 Å². The van der Waals surface area contributed by atoms with E-state index in [1.807, 2.05) is 6.07 Å². The number of hydrogen-bond acceptors (Lipinski definition) is 2. The van der Waals surface area contributed by atoms with Crippen molar-refractivity contribution in [3.05, 3.63) is 146 Å². The van der Waals surface area contributed by atoms with Crippen molar-refractivity contribution >= 4 is 54.9 Å². The highest BCUT2D eigenvalue weighted by atomic mass is 16.3. The molecular weight excluding hydrogens is 486 g/mol. The van der Waals surface area contributed by atoms with Crippen molar-refractivity contribution in [2.45, 2.75) is 0 Å². The standard InChI is InChI=1S/C38H25NO/c1-2-9-26(10-3-1)31-15-8-16-34-35-23-27(19-22-37(35)40-38(31)34)25-17-20-29(21-18-25)39-36-24-28-11-4-5-12-30(28)32-13-6-7-14-33(32)36/h1-24,39H. The molecule has 188 valence electrons. The third-order valence-corrected chi connectivity index (χ3v) is 7.85. The summed E-state index contributed by atoms with van der Waals surface area (Å²) in [6, 6.07) is 51.4. The highest BCUT2D eigenvalue weighted by Crippen LogP contribution is 2.38. The summed E-state index contributed by atoms with van der Waals surface area (Å²) in [5.41, 5.74) is 8.63. The summed E-state index contributed by atoms with van der Waals surface area (Å²) in [4.78, 5) is 0.